The van der Waals surface area contributed by atoms with Gasteiger partial charge in [0.15, 0.2) is 5.78 Å². The first kappa shape index (κ1) is 11.8. The number of hydrogen-bond acceptors (Lipinski definition) is 2. The van der Waals surface area contributed by atoms with Crippen LogP contribution in [0.2, 0.25) is 0 Å². The number of carbonyl (C=O) groups is 1. The molecule has 2 aliphatic carbocycles. The third kappa shape index (κ3) is 1.75. The van der Waals surface area contributed by atoms with E-state index in [1.54, 1.807) is 0 Å². The van der Waals surface area contributed by atoms with Crippen LogP contribution < -0.4 is 4.74 Å². The number of ketones is 1. The molecular weight excluding hydrogens is 224 g/mol. The molecule has 0 bridgehead atoms. The van der Waals surface area contributed by atoms with Gasteiger partial charge in [-0.1, -0.05) is 12.8 Å². The van der Waals surface area contributed by atoms with Crippen molar-refractivity contribution in [1.82, 2.24) is 0 Å². The van der Waals surface area contributed by atoms with Crippen LogP contribution in [0.3, 0.4) is 0 Å². The lowest BCUT2D eigenvalue weighted by atomic mass is 9.68. The molecule has 2 nitrogen and oxygen atoms in total. The summed E-state index contributed by atoms with van der Waals surface area (Å²) in [6.45, 7) is 2.68. The molecule has 1 spiro atoms. The van der Waals surface area contributed by atoms with Crippen molar-refractivity contribution in [2.75, 3.05) is 6.61 Å². The smallest absolute Gasteiger partial charge is 0.163 e. The summed E-state index contributed by atoms with van der Waals surface area (Å²) in [4.78, 5) is 12.1. The van der Waals surface area contributed by atoms with Crippen LogP contribution in [-0.4, -0.2) is 12.4 Å². The number of Topliss-reactive ketones (excluding diaryl/α,β-unsaturated/α-hetero) is 1. The molecule has 3 rings (SSSR count). The summed E-state index contributed by atoms with van der Waals surface area (Å²) < 4.78 is 5.60. The standard InChI is InChI=1S/C16H20O2/c1-2-18-12-5-6-13-14(11-12)16(8-3-4-9-16)10-7-15(13)17/h5-6,11H,2-4,7-10H2,1H3. The van der Waals surface area contributed by atoms with Gasteiger partial charge in [0.1, 0.15) is 5.75 Å². The van der Waals surface area contributed by atoms with Crippen LogP contribution in [0.5, 0.6) is 5.75 Å². The van der Waals surface area contributed by atoms with E-state index < -0.39 is 0 Å². The van der Waals surface area contributed by atoms with E-state index in [-0.39, 0.29) is 5.41 Å². The monoisotopic (exact) mass is 244 g/mol. The van der Waals surface area contributed by atoms with Crippen LogP contribution in [0.4, 0.5) is 0 Å². The van der Waals surface area contributed by atoms with E-state index >= 15 is 0 Å². The van der Waals surface area contributed by atoms with Gasteiger partial charge in [0, 0.05) is 12.0 Å². The predicted molar refractivity (Wildman–Crippen MR) is 71.3 cm³/mol. The molecule has 0 radical (unpaired) electrons. The summed E-state index contributed by atoms with van der Waals surface area (Å²) in [6, 6.07) is 6.04. The van der Waals surface area contributed by atoms with Crippen LogP contribution in [0, 0.1) is 0 Å². The minimum absolute atomic E-state index is 0.274. The maximum absolute atomic E-state index is 12.1. The van der Waals surface area contributed by atoms with Crippen LogP contribution in [0.15, 0.2) is 18.2 Å². The molecule has 0 N–H and O–H groups in total. The fourth-order valence-corrected chi connectivity index (χ4v) is 3.65. The zero-order valence-corrected chi connectivity index (χ0v) is 11.0. The fourth-order valence-electron chi connectivity index (χ4n) is 3.65. The second-order valence-corrected chi connectivity index (χ2v) is 5.55. The molecule has 0 atom stereocenters. The Hall–Kier alpha value is -1.31. The molecule has 0 amide bonds. The number of hydrogen-bond donors (Lipinski definition) is 0. The zero-order valence-electron chi connectivity index (χ0n) is 11.0. The summed E-state index contributed by atoms with van der Waals surface area (Å²) in [5, 5.41) is 0. The summed E-state index contributed by atoms with van der Waals surface area (Å²) in [7, 11) is 0. The topological polar surface area (TPSA) is 26.3 Å². The first-order valence-corrected chi connectivity index (χ1v) is 7.06. The summed E-state index contributed by atoms with van der Waals surface area (Å²) in [6.07, 6.45) is 6.83. The number of carbonyl (C=O) groups excluding carboxylic acids is 1. The maximum Gasteiger partial charge on any atom is 0.163 e. The van der Waals surface area contributed by atoms with E-state index in [2.05, 4.69) is 6.07 Å². The van der Waals surface area contributed by atoms with Crippen molar-refractivity contribution in [3.05, 3.63) is 29.3 Å². The average molecular weight is 244 g/mol. The molecule has 1 aromatic carbocycles. The highest BCUT2D eigenvalue weighted by Gasteiger charge is 2.41. The molecule has 0 aromatic heterocycles. The van der Waals surface area contributed by atoms with E-state index in [1.807, 2.05) is 19.1 Å². The molecule has 1 saturated carbocycles. The molecular formula is C16H20O2. The molecule has 2 heteroatoms. The van der Waals surface area contributed by atoms with Gasteiger partial charge in [-0.3, -0.25) is 4.79 Å². The fraction of sp³-hybridized carbons (Fsp3) is 0.562. The Morgan fingerprint density at radius 3 is 2.72 bits per heavy atom. The number of ether oxygens (including phenoxy) is 1. The molecule has 1 fully saturated rings. The van der Waals surface area contributed by atoms with Crippen LogP contribution in [-0.2, 0) is 5.41 Å². The maximum atomic E-state index is 12.1. The Labute approximate surface area is 108 Å². The molecule has 1 aromatic rings. The Balaban J connectivity index is 2.08. The van der Waals surface area contributed by atoms with Gasteiger partial charge < -0.3 is 4.74 Å². The van der Waals surface area contributed by atoms with Crippen LogP contribution in [0.1, 0.15) is 61.4 Å². The molecule has 0 aliphatic heterocycles. The van der Waals surface area contributed by atoms with Crippen molar-refractivity contribution < 1.29 is 9.53 Å². The highest BCUT2D eigenvalue weighted by molar-refractivity contribution is 5.99. The number of rotatable bonds is 2. The molecule has 96 valence electrons. The first-order chi connectivity index (χ1) is 8.75. The van der Waals surface area contributed by atoms with Crippen LogP contribution in [0.25, 0.3) is 0 Å². The lowest BCUT2D eigenvalue weighted by Gasteiger charge is -2.35. The minimum atomic E-state index is 0.274. The van der Waals surface area contributed by atoms with Crippen molar-refractivity contribution in [1.29, 1.82) is 0 Å². The van der Waals surface area contributed by atoms with Crippen molar-refractivity contribution in [3.8, 4) is 5.75 Å². The van der Waals surface area contributed by atoms with Gasteiger partial charge in [-0.15, -0.1) is 0 Å². The SMILES string of the molecule is CCOc1ccc2c(c1)C1(CCCC1)CCC2=O. The normalized spacial score (nSPS) is 21.1. The van der Waals surface area contributed by atoms with Gasteiger partial charge in [-0.25, -0.2) is 0 Å². The predicted octanol–water partition coefficient (Wildman–Crippen LogP) is 3.87. The zero-order chi connectivity index (χ0) is 12.6. The van der Waals surface area contributed by atoms with Gasteiger partial charge in [0.05, 0.1) is 6.61 Å². The van der Waals surface area contributed by atoms with Gasteiger partial charge in [-0.2, -0.15) is 0 Å². The second-order valence-electron chi connectivity index (χ2n) is 5.55. The van der Waals surface area contributed by atoms with Crippen molar-refractivity contribution >= 4 is 5.78 Å². The molecule has 0 unspecified atom stereocenters. The average Bonchev–Trinajstić information content (AvgIpc) is 2.85. The third-order valence-corrected chi connectivity index (χ3v) is 4.57. The summed E-state index contributed by atoms with van der Waals surface area (Å²) >= 11 is 0. The summed E-state index contributed by atoms with van der Waals surface area (Å²) in [5.74, 6) is 1.22. The number of fused-ring (bicyclic) bond motifs is 2. The second kappa shape index (κ2) is 4.42. The van der Waals surface area contributed by atoms with Crippen LogP contribution >= 0.6 is 0 Å². The summed E-state index contributed by atoms with van der Waals surface area (Å²) in [5.41, 5.74) is 2.49. The minimum Gasteiger partial charge on any atom is -0.494 e. The van der Waals surface area contributed by atoms with E-state index in [1.165, 1.54) is 31.2 Å². The highest BCUT2D eigenvalue weighted by Crippen LogP contribution is 2.49. The molecule has 0 heterocycles. The Morgan fingerprint density at radius 2 is 2.00 bits per heavy atom. The van der Waals surface area contributed by atoms with Gasteiger partial charge in [0.25, 0.3) is 0 Å². The Kier molecular flexibility index (Phi) is 2.89. The lowest BCUT2D eigenvalue weighted by molar-refractivity contribution is 0.0951. The quantitative estimate of drug-likeness (QED) is 0.789. The lowest BCUT2D eigenvalue weighted by Crippen LogP contribution is -2.30. The molecule has 2 aliphatic rings. The Morgan fingerprint density at radius 1 is 1.22 bits per heavy atom. The van der Waals surface area contributed by atoms with Gasteiger partial charge in [-0.05, 0) is 55.4 Å². The van der Waals surface area contributed by atoms with E-state index in [0.717, 1.165) is 24.2 Å². The third-order valence-electron chi connectivity index (χ3n) is 4.57. The van der Waals surface area contributed by atoms with Gasteiger partial charge in [0.2, 0.25) is 0 Å². The Bertz CT molecular complexity index is 470. The van der Waals surface area contributed by atoms with E-state index in [9.17, 15) is 4.79 Å². The van der Waals surface area contributed by atoms with Crippen molar-refractivity contribution in [2.24, 2.45) is 0 Å². The highest BCUT2D eigenvalue weighted by atomic mass is 16.5. The van der Waals surface area contributed by atoms with Gasteiger partial charge >= 0.3 is 0 Å². The first-order valence-electron chi connectivity index (χ1n) is 7.06. The number of benzene rings is 1. The van der Waals surface area contributed by atoms with E-state index in [4.69, 9.17) is 4.74 Å². The van der Waals surface area contributed by atoms with Crippen molar-refractivity contribution in [2.45, 2.75) is 50.9 Å². The van der Waals surface area contributed by atoms with E-state index in [0.29, 0.717) is 12.4 Å². The molecule has 18 heavy (non-hydrogen) atoms. The largest absolute Gasteiger partial charge is 0.494 e. The molecule has 0 saturated heterocycles. The van der Waals surface area contributed by atoms with Crippen molar-refractivity contribution in [3.63, 3.8) is 0 Å².